The number of carbonyl (C=O) groups excluding carboxylic acids is 1. The van der Waals surface area contributed by atoms with E-state index in [1.807, 2.05) is 13.8 Å². The normalized spacial score (nSPS) is 28.2. The highest BCUT2D eigenvalue weighted by atomic mass is 16.5. The van der Waals surface area contributed by atoms with Crippen LogP contribution < -0.4 is 0 Å². The number of carbonyl (C=O) groups is 1. The largest absolute Gasteiger partial charge is 0.465 e. The highest BCUT2D eigenvalue weighted by Crippen LogP contribution is 2.44. The third-order valence-electron chi connectivity index (χ3n) is 2.77. The molecule has 58 valence electrons. The lowest BCUT2D eigenvalue weighted by molar-refractivity contribution is -0.145. The van der Waals surface area contributed by atoms with Crippen molar-refractivity contribution in [3.63, 3.8) is 0 Å². The highest BCUT2D eigenvalue weighted by molar-refractivity contribution is 5.79. The summed E-state index contributed by atoms with van der Waals surface area (Å²) >= 11 is 0. The van der Waals surface area contributed by atoms with Crippen molar-refractivity contribution in [2.24, 2.45) is 10.8 Å². The molecule has 1 aliphatic rings. The van der Waals surface area contributed by atoms with Crippen molar-refractivity contribution in [3.8, 4) is 0 Å². The molecule has 0 radical (unpaired) electrons. The van der Waals surface area contributed by atoms with Crippen molar-refractivity contribution in [3.05, 3.63) is 0 Å². The Morgan fingerprint density at radius 3 is 1.90 bits per heavy atom. The fourth-order valence-corrected chi connectivity index (χ4v) is 0.883. The maximum absolute atomic E-state index is 11.1. The Morgan fingerprint density at radius 1 is 1.30 bits per heavy atom. The highest BCUT2D eigenvalue weighted by Gasteiger charge is 2.50. The Labute approximate surface area is 61.6 Å². The van der Waals surface area contributed by atoms with Crippen LogP contribution in [0.25, 0.3) is 0 Å². The van der Waals surface area contributed by atoms with Crippen LogP contribution in [0.2, 0.25) is 0 Å². The van der Waals surface area contributed by atoms with Crippen molar-refractivity contribution in [1.82, 2.24) is 0 Å². The number of cyclic esters (lactones) is 1. The smallest absolute Gasteiger partial charge is 0.312 e. The van der Waals surface area contributed by atoms with Crippen LogP contribution in [0.5, 0.6) is 0 Å². The molecule has 0 aromatic rings. The number of hydrogen-bond acceptors (Lipinski definition) is 2. The third-order valence-corrected chi connectivity index (χ3v) is 2.77. The zero-order chi connectivity index (χ0) is 7.99. The number of esters is 1. The fourth-order valence-electron chi connectivity index (χ4n) is 0.883. The van der Waals surface area contributed by atoms with Crippen LogP contribution in [0.3, 0.4) is 0 Å². The summed E-state index contributed by atoms with van der Waals surface area (Å²) in [4.78, 5) is 11.1. The van der Waals surface area contributed by atoms with Crippen LogP contribution >= 0.6 is 0 Å². The summed E-state index contributed by atoms with van der Waals surface area (Å²) in [7, 11) is 0. The monoisotopic (exact) mass is 142 g/mol. The molecule has 0 unspecified atom stereocenters. The van der Waals surface area contributed by atoms with Gasteiger partial charge in [0, 0.05) is 5.41 Å². The minimum atomic E-state index is -0.312. The Morgan fingerprint density at radius 2 is 1.80 bits per heavy atom. The van der Waals surface area contributed by atoms with Crippen LogP contribution in [0.4, 0.5) is 0 Å². The van der Waals surface area contributed by atoms with Gasteiger partial charge in [0.1, 0.15) is 0 Å². The van der Waals surface area contributed by atoms with Gasteiger partial charge < -0.3 is 4.74 Å². The van der Waals surface area contributed by atoms with Gasteiger partial charge in [0.15, 0.2) is 0 Å². The van der Waals surface area contributed by atoms with Crippen molar-refractivity contribution < 1.29 is 9.53 Å². The summed E-state index contributed by atoms with van der Waals surface area (Å²) in [5, 5.41) is 0. The summed E-state index contributed by atoms with van der Waals surface area (Å²) in [5.74, 6) is -0.0718. The summed E-state index contributed by atoms with van der Waals surface area (Å²) < 4.78 is 4.94. The molecule has 0 spiro atoms. The maximum Gasteiger partial charge on any atom is 0.312 e. The van der Waals surface area contributed by atoms with E-state index < -0.39 is 0 Å². The SMILES string of the molecule is CC1(C)COC(=O)C1(C)C. The van der Waals surface area contributed by atoms with Gasteiger partial charge >= 0.3 is 5.97 Å². The first kappa shape index (κ1) is 7.58. The van der Waals surface area contributed by atoms with E-state index in [4.69, 9.17) is 4.74 Å². The van der Waals surface area contributed by atoms with Gasteiger partial charge in [-0.15, -0.1) is 0 Å². The number of hydrogen-bond donors (Lipinski definition) is 0. The van der Waals surface area contributed by atoms with Gasteiger partial charge in [0.2, 0.25) is 0 Å². The molecular formula is C8H14O2. The van der Waals surface area contributed by atoms with Crippen LogP contribution in [0.15, 0.2) is 0 Å². The van der Waals surface area contributed by atoms with Crippen LogP contribution in [0.1, 0.15) is 27.7 Å². The molecule has 2 nitrogen and oxygen atoms in total. The molecule has 1 aliphatic heterocycles. The van der Waals surface area contributed by atoms with E-state index in [-0.39, 0.29) is 16.8 Å². The zero-order valence-corrected chi connectivity index (χ0v) is 7.02. The molecular weight excluding hydrogens is 128 g/mol. The van der Waals surface area contributed by atoms with Crippen molar-refractivity contribution in [2.45, 2.75) is 27.7 Å². The van der Waals surface area contributed by atoms with E-state index in [1.165, 1.54) is 0 Å². The molecule has 0 aromatic heterocycles. The van der Waals surface area contributed by atoms with Crippen LogP contribution in [-0.4, -0.2) is 12.6 Å². The maximum atomic E-state index is 11.1. The second-order valence-electron chi connectivity index (χ2n) is 4.09. The Bertz CT molecular complexity index is 168. The van der Waals surface area contributed by atoms with Gasteiger partial charge in [-0.05, 0) is 13.8 Å². The molecule has 2 heteroatoms. The fraction of sp³-hybridized carbons (Fsp3) is 0.875. The summed E-state index contributed by atoms with van der Waals surface area (Å²) in [6.45, 7) is 8.53. The van der Waals surface area contributed by atoms with Crippen molar-refractivity contribution in [1.29, 1.82) is 0 Å². The minimum absolute atomic E-state index is 0.00984. The number of rotatable bonds is 0. The molecule has 1 heterocycles. The second kappa shape index (κ2) is 1.74. The van der Waals surface area contributed by atoms with Gasteiger partial charge in [-0.2, -0.15) is 0 Å². The first-order valence-corrected chi connectivity index (χ1v) is 3.55. The molecule has 0 bridgehead atoms. The van der Waals surface area contributed by atoms with Crippen LogP contribution in [-0.2, 0) is 9.53 Å². The molecule has 0 N–H and O–H groups in total. The summed E-state index contributed by atoms with van der Waals surface area (Å²) in [5.41, 5.74) is -0.322. The predicted octanol–water partition coefficient (Wildman–Crippen LogP) is 1.60. The molecule has 0 aromatic carbocycles. The molecule has 0 atom stereocenters. The van der Waals surface area contributed by atoms with Gasteiger partial charge in [-0.1, -0.05) is 13.8 Å². The summed E-state index contributed by atoms with van der Waals surface area (Å²) in [6.07, 6.45) is 0. The van der Waals surface area contributed by atoms with Gasteiger partial charge in [0.25, 0.3) is 0 Å². The average Bonchev–Trinajstić information content (AvgIpc) is 1.94. The number of ether oxygens (including phenoxy) is 1. The standard InChI is InChI=1S/C8H14O2/c1-7(2)5-10-6(9)8(7,3)4/h5H2,1-4H3. The third kappa shape index (κ3) is 0.746. The lowest BCUT2D eigenvalue weighted by Crippen LogP contribution is -2.32. The van der Waals surface area contributed by atoms with E-state index in [0.29, 0.717) is 6.61 Å². The average molecular weight is 142 g/mol. The summed E-state index contributed by atoms with van der Waals surface area (Å²) in [6, 6.07) is 0. The lowest BCUT2D eigenvalue weighted by atomic mass is 9.70. The zero-order valence-electron chi connectivity index (χ0n) is 7.02. The van der Waals surface area contributed by atoms with Crippen molar-refractivity contribution in [2.75, 3.05) is 6.61 Å². The molecule has 0 amide bonds. The van der Waals surface area contributed by atoms with Crippen molar-refractivity contribution >= 4 is 5.97 Å². The Balaban J connectivity index is 2.95. The molecule has 10 heavy (non-hydrogen) atoms. The van der Waals surface area contributed by atoms with E-state index in [9.17, 15) is 4.79 Å². The Kier molecular flexibility index (Phi) is 1.32. The first-order chi connectivity index (χ1) is 4.38. The lowest BCUT2D eigenvalue weighted by Gasteiger charge is -2.28. The Hall–Kier alpha value is -0.530. The van der Waals surface area contributed by atoms with E-state index in [0.717, 1.165) is 0 Å². The minimum Gasteiger partial charge on any atom is -0.465 e. The molecule has 1 saturated heterocycles. The molecule has 1 rings (SSSR count). The van der Waals surface area contributed by atoms with Gasteiger partial charge in [-0.3, -0.25) is 4.79 Å². The van der Waals surface area contributed by atoms with Gasteiger partial charge in [0.05, 0.1) is 12.0 Å². The predicted molar refractivity (Wildman–Crippen MR) is 38.5 cm³/mol. The quantitative estimate of drug-likeness (QED) is 0.480. The molecule has 1 fully saturated rings. The first-order valence-electron chi connectivity index (χ1n) is 3.55. The van der Waals surface area contributed by atoms with E-state index >= 15 is 0 Å². The molecule has 0 saturated carbocycles. The van der Waals surface area contributed by atoms with E-state index in [2.05, 4.69) is 13.8 Å². The van der Waals surface area contributed by atoms with E-state index in [1.54, 1.807) is 0 Å². The second-order valence-corrected chi connectivity index (χ2v) is 4.09. The molecule has 0 aliphatic carbocycles. The van der Waals surface area contributed by atoms with Crippen LogP contribution in [0, 0.1) is 10.8 Å². The van der Waals surface area contributed by atoms with Gasteiger partial charge in [-0.25, -0.2) is 0 Å². The topological polar surface area (TPSA) is 26.3 Å².